The minimum Gasteiger partial charge on any atom is -0.366 e. The highest BCUT2D eigenvalue weighted by Crippen LogP contribution is 2.43. The van der Waals surface area contributed by atoms with Crippen LogP contribution in [0.4, 0.5) is 10.5 Å². The van der Waals surface area contributed by atoms with E-state index in [1.54, 1.807) is 17.0 Å². The van der Waals surface area contributed by atoms with Crippen molar-refractivity contribution in [3.8, 4) is 0 Å². The Morgan fingerprint density at radius 2 is 1.61 bits per heavy atom. The Morgan fingerprint density at radius 1 is 1.00 bits per heavy atom. The molecule has 0 aliphatic carbocycles. The van der Waals surface area contributed by atoms with Crippen LogP contribution in [0.2, 0.25) is 0 Å². The fourth-order valence-electron chi connectivity index (χ4n) is 5.26. The van der Waals surface area contributed by atoms with Gasteiger partial charge in [0.25, 0.3) is 0 Å². The third kappa shape index (κ3) is 4.55. The van der Waals surface area contributed by atoms with Crippen LogP contribution < -0.4 is 4.90 Å². The number of benzene rings is 1. The van der Waals surface area contributed by atoms with Crippen LogP contribution in [0.25, 0.3) is 0 Å². The molecular formula is C21H31N3O5S2. The van der Waals surface area contributed by atoms with E-state index in [0.29, 0.717) is 23.9 Å². The molecule has 10 heteroatoms. The molecule has 0 spiro atoms. The number of carbonyl (C=O) groups excluding carboxylic acids is 1. The summed E-state index contributed by atoms with van der Waals surface area (Å²) in [4.78, 5) is 19.4. The lowest BCUT2D eigenvalue weighted by atomic mass is 9.73. The van der Waals surface area contributed by atoms with Crippen molar-refractivity contribution >= 4 is 31.4 Å². The van der Waals surface area contributed by atoms with Crippen LogP contribution >= 0.6 is 0 Å². The summed E-state index contributed by atoms with van der Waals surface area (Å²) in [5, 5.41) is 0. The first-order valence-corrected chi connectivity index (χ1v) is 14.4. The maximum atomic E-state index is 13.2. The third-order valence-corrected chi connectivity index (χ3v) is 9.64. The molecule has 4 aliphatic heterocycles. The van der Waals surface area contributed by atoms with E-state index < -0.39 is 19.7 Å². The topological polar surface area (TPSA) is 95.1 Å². The molecule has 31 heavy (non-hydrogen) atoms. The number of piperidine rings is 1. The zero-order valence-electron chi connectivity index (χ0n) is 18.3. The molecule has 0 aromatic heterocycles. The Bertz CT molecular complexity index is 1050. The van der Waals surface area contributed by atoms with E-state index in [0.717, 1.165) is 18.7 Å². The minimum absolute atomic E-state index is 0.0152. The predicted octanol–water partition coefficient (Wildman–Crippen LogP) is 1.48. The van der Waals surface area contributed by atoms with Crippen LogP contribution in [0, 0.1) is 11.3 Å². The second-order valence-corrected chi connectivity index (χ2v) is 14.1. The number of hydrogen-bond donors (Lipinski definition) is 0. The third-order valence-electron chi connectivity index (χ3n) is 6.90. The average molecular weight is 470 g/mol. The number of nitrogens with zero attached hydrogens (tertiary/aromatic N) is 3. The average Bonchev–Trinajstić information content (AvgIpc) is 2.94. The number of sulfone groups is 2. The van der Waals surface area contributed by atoms with Gasteiger partial charge in [0, 0.05) is 44.7 Å². The summed E-state index contributed by atoms with van der Waals surface area (Å²) in [5.41, 5.74) is 0.951. The zero-order valence-corrected chi connectivity index (χ0v) is 20.0. The highest BCUT2D eigenvalue weighted by molar-refractivity contribution is 7.91. The molecular weight excluding hydrogens is 438 g/mol. The molecule has 5 rings (SSSR count). The van der Waals surface area contributed by atoms with Crippen molar-refractivity contribution in [2.75, 3.05) is 55.4 Å². The summed E-state index contributed by atoms with van der Waals surface area (Å²) in [7, 11) is -6.29. The van der Waals surface area contributed by atoms with Gasteiger partial charge in [0.15, 0.2) is 19.7 Å². The quantitative estimate of drug-likeness (QED) is 0.651. The molecule has 2 unspecified atom stereocenters. The van der Waals surface area contributed by atoms with E-state index in [2.05, 4.69) is 18.7 Å². The Labute approximate surface area is 185 Å². The molecule has 1 aromatic carbocycles. The number of rotatable bonds is 2. The first-order chi connectivity index (χ1) is 14.4. The van der Waals surface area contributed by atoms with Crippen LogP contribution in [0.3, 0.4) is 0 Å². The van der Waals surface area contributed by atoms with Gasteiger partial charge in [0.1, 0.15) is 0 Å². The highest BCUT2D eigenvalue weighted by Gasteiger charge is 2.47. The van der Waals surface area contributed by atoms with E-state index in [-0.39, 0.29) is 42.1 Å². The molecule has 0 N–H and O–H groups in total. The molecule has 4 saturated heterocycles. The van der Waals surface area contributed by atoms with Crippen molar-refractivity contribution in [3.63, 3.8) is 0 Å². The van der Waals surface area contributed by atoms with Crippen LogP contribution in [0.5, 0.6) is 0 Å². The van der Waals surface area contributed by atoms with Gasteiger partial charge in [-0.2, -0.15) is 0 Å². The van der Waals surface area contributed by atoms with Crippen LogP contribution in [-0.4, -0.2) is 89.2 Å². The monoisotopic (exact) mass is 469 g/mol. The SMILES string of the molecule is CC1(C)CC2CN(C(=O)N3CCS(=O)(=O)CC3)CC1N(c1ccc(S(C)(=O)=O)cc1)C2. The fraction of sp³-hybridized carbons (Fsp3) is 0.667. The van der Waals surface area contributed by atoms with Gasteiger partial charge in [-0.25, -0.2) is 21.6 Å². The Balaban J connectivity index is 1.57. The summed E-state index contributed by atoms with van der Waals surface area (Å²) >= 11 is 0. The number of amides is 2. The first-order valence-electron chi connectivity index (χ1n) is 10.7. The van der Waals surface area contributed by atoms with Gasteiger partial charge in [-0.1, -0.05) is 13.8 Å². The van der Waals surface area contributed by atoms with Gasteiger partial charge in [-0.15, -0.1) is 0 Å². The van der Waals surface area contributed by atoms with E-state index in [4.69, 9.17) is 0 Å². The van der Waals surface area contributed by atoms with Crippen molar-refractivity contribution in [2.45, 2.75) is 31.2 Å². The second kappa shape index (κ2) is 7.65. The molecule has 0 radical (unpaired) electrons. The van der Waals surface area contributed by atoms with Crippen molar-refractivity contribution in [1.29, 1.82) is 0 Å². The molecule has 4 heterocycles. The van der Waals surface area contributed by atoms with E-state index in [9.17, 15) is 21.6 Å². The lowest BCUT2D eigenvalue weighted by Gasteiger charge is -2.48. The van der Waals surface area contributed by atoms with E-state index >= 15 is 0 Å². The number of hydrogen-bond acceptors (Lipinski definition) is 6. The van der Waals surface area contributed by atoms with Crippen molar-refractivity contribution < 1.29 is 21.6 Å². The molecule has 8 nitrogen and oxygen atoms in total. The molecule has 0 saturated carbocycles. The summed E-state index contributed by atoms with van der Waals surface area (Å²) < 4.78 is 47.1. The molecule has 4 aliphatic rings. The normalized spacial score (nSPS) is 27.8. The molecule has 172 valence electrons. The largest absolute Gasteiger partial charge is 0.366 e. The number of anilines is 1. The summed E-state index contributed by atoms with van der Waals surface area (Å²) in [6.07, 6.45) is 2.21. The first kappa shape index (κ1) is 22.4. The van der Waals surface area contributed by atoms with Gasteiger partial charge >= 0.3 is 6.03 Å². The molecule has 4 fully saturated rings. The Morgan fingerprint density at radius 3 is 2.19 bits per heavy atom. The molecule has 2 amide bonds. The summed E-state index contributed by atoms with van der Waals surface area (Å²) in [6, 6.07) is 7.02. The van der Waals surface area contributed by atoms with Gasteiger partial charge in [-0.3, -0.25) is 0 Å². The second-order valence-electron chi connectivity index (χ2n) is 9.82. The smallest absolute Gasteiger partial charge is 0.320 e. The van der Waals surface area contributed by atoms with E-state index in [1.807, 2.05) is 17.0 Å². The van der Waals surface area contributed by atoms with Gasteiger partial charge in [0.05, 0.1) is 22.4 Å². The summed E-state index contributed by atoms with van der Waals surface area (Å²) in [5.74, 6) is 0.355. The van der Waals surface area contributed by atoms with Gasteiger partial charge in [-0.05, 0) is 42.0 Å². The van der Waals surface area contributed by atoms with Crippen LogP contribution in [-0.2, 0) is 19.7 Å². The predicted molar refractivity (Wildman–Crippen MR) is 120 cm³/mol. The lowest BCUT2D eigenvalue weighted by molar-refractivity contribution is 0.153. The van der Waals surface area contributed by atoms with E-state index in [1.165, 1.54) is 6.26 Å². The van der Waals surface area contributed by atoms with Crippen molar-refractivity contribution in [1.82, 2.24) is 9.80 Å². The zero-order chi connectivity index (χ0) is 22.6. The maximum Gasteiger partial charge on any atom is 0.320 e. The number of carbonyl (C=O) groups is 1. The Hall–Kier alpha value is -1.81. The van der Waals surface area contributed by atoms with Gasteiger partial charge < -0.3 is 14.7 Å². The summed E-state index contributed by atoms with van der Waals surface area (Å²) in [6.45, 7) is 7.00. The van der Waals surface area contributed by atoms with Crippen LogP contribution in [0.1, 0.15) is 20.3 Å². The standard InChI is InChI=1S/C21H31N3O5S2/c1-21(2)12-16-13-23(20(25)22-8-10-31(28,29)11-9-22)15-19(21)24(14-16)17-4-6-18(7-5-17)30(3,26)27/h4-7,16,19H,8-15H2,1-3H3. The molecule has 2 bridgehead atoms. The van der Waals surface area contributed by atoms with Crippen molar-refractivity contribution in [3.05, 3.63) is 24.3 Å². The Kier molecular flexibility index (Phi) is 5.53. The maximum absolute atomic E-state index is 13.2. The minimum atomic E-state index is -3.25. The number of urea groups is 1. The highest BCUT2D eigenvalue weighted by atomic mass is 32.2. The van der Waals surface area contributed by atoms with Crippen LogP contribution in [0.15, 0.2) is 29.2 Å². The number of fused-ring (bicyclic) bond motifs is 4. The van der Waals surface area contributed by atoms with Crippen molar-refractivity contribution in [2.24, 2.45) is 11.3 Å². The lowest BCUT2D eigenvalue weighted by Crippen LogP contribution is -2.55. The molecule has 1 aromatic rings. The molecule has 2 atom stereocenters. The fourth-order valence-corrected chi connectivity index (χ4v) is 7.10. The van der Waals surface area contributed by atoms with Gasteiger partial charge in [0.2, 0.25) is 0 Å².